The van der Waals surface area contributed by atoms with E-state index in [1.54, 1.807) is 31.1 Å². The molecule has 0 aliphatic heterocycles. The van der Waals surface area contributed by atoms with Crippen LogP contribution >= 0.6 is 0 Å². The second kappa shape index (κ2) is 15.8. The van der Waals surface area contributed by atoms with Gasteiger partial charge in [0, 0.05) is 35.4 Å². The molecule has 0 N–H and O–H groups in total. The number of aromatic nitrogens is 7. The van der Waals surface area contributed by atoms with Gasteiger partial charge in [0.1, 0.15) is 6.33 Å². The van der Waals surface area contributed by atoms with Crippen LogP contribution in [0.15, 0.2) is 152 Å². The first-order valence-electron chi connectivity index (χ1n) is 17.1. The van der Waals surface area contributed by atoms with Crippen molar-refractivity contribution in [2.75, 3.05) is 0 Å². The quantitative estimate of drug-likeness (QED) is 0.111. The average molecular weight is 909 g/mol. The van der Waals surface area contributed by atoms with Gasteiger partial charge in [0.25, 0.3) is 0 Å². The van der Waals surface area contributed by atoms with Gasteiger partial charge in [-0.05, 0) is 35.7 Å². The molecule has 0 amide bonds. The minimum Gasteiger partial charge on any atom is -0.503 e. The van der Waals surface area contributed by atoms with E-state index in [0.29, 0.717) is 40.0 Å². The van der Waals surface area contributed by atoms with E-state index in [1.165, 1.54) is 0 Å². The molecule has 0 spiro atoms. The van der Waals surface area contributed by atoms with Crippen molar-refractivity contribution in [1.82, 2.24) is 34.1 Å². The predicted molar refractivity (Wildman–Crippen MR) is 206 cm³/mol. The van der Waals surface area contributed by atoms with E-state index in [4.69, 9.17) is 19.4 Å². The van der Waals surface area contributed by atoms with Crippen LogP contribution in [0, 0.1) is 24.3 Å². The van der Waals surface area contributed by atoms with E-state index >= 15 is 0 Å². The topological polar surface area (TPSA) is 92.8 Å². The average Bonchev–Trinajstić information content (AvgIpc) is 3.81. The summed E-state index contributed by atoms with van der Waals surface area (Å²) in [6, 6.07) is 52.4. The molecule has 10 aromatic rings. The molecular formula is C45H25N7O2Pd2. The van der Waals surface area contributed by atoms with Crippen molar-refractivity contribution in [3.8, 4) is 57.1 Å². The van der Waals surface area contributed by atoms with Gasteiger partial charge in [-0.3, -0.25) is 4.57 Å². The van der Waals surface area contributed by atoms with Gasteiger partial charge >= 0.3 is 40.8 Å². The van der Waals surface area contributed by atoms with Crippen LogP contribution in [-0.2, 0) is 40.8 Å². The van der Waals surface area contributed by atoms with Crippen molar-refractivity contribution in [2.45, 2.75) is 0 Å². The minimum absolute atomic E-state index is 0. The maximum Gasteiger partial charge on any atom is 2.00 e. The maximum absolute atomic E-state index is 6.35. The van der Waals surface area contributed by atoms with Gasteiger partial charge in [-0.1, -0.05) is 59.6 Å². The van der Waals surface area contributed by atoms with E-state index in [0.717, 1.165) is 50.0 Å². The largest absolute Gasteiger partial charge is 2.00 e. The Morgan fingerprint density at radius 2 is 1.00 bits per heavy atom. The van der Waals surface area contributed by atoms with Gasteiger partial charge in [-0.15, -0.1) is 71.8 Å². The van der Waals surface area contributed by atoms with Crippen LogP contribution in [0.2, 0.25) is 0 Å². The first-order valence-corrected chi connectivity index (χ1v) is 17.1. The van der Waals surface area contributed by atoms with Gasteiger partial charge in [0.05, 0.1) is 29.1 Å². The molecule has 11 heteroatoms. The van der Waals surface area contributed by atoms with Crippen LogP contribution in [-0.4, -0.2) is 34.1 Å². The summed E-state index contributed by atoms with van der Waals surface area (Å²) in [4.78, 5) is 23.2. The fraction of sp³-hybridized carbons (Fsp3) is 0. The summed E-state index contributed by atoms with van der Waals surface area (Å²) in [6.07, 6.45) is 8.86. The number of pyridine rings is 2. The summed E-state index contributed by atoms with van der Waals surface area (Å²) < 4.78 is 16.6. The summed E-state index contributed by atoms with van der Waals surface area (Å²) in [5.74, 6) is 2.50. The zero-order chi connectivity index (χ0) is 35.8. The molecule has 10 rings (SSSR count). The van der Waals surface area contributed by atoms with Gasteiger partial charge < -0.3 is 24.0 Å². The van der Waals surface area contributed by atoms with Crippen molar-refractivity contribution < 1.29 is 50.3 Å². The van der Waals surface area contributed by atoms with Crippen molar-refractivity contribution >= 4 is 32.8 Å². The number of benzene rings is 5. The van der Waals surface area contributed by atoms with Crippen molar-refractivity contribution in [3.63, 3.8) is 0 Å². The van der Waals surface area contributed by atoms with E-state index in [2.05, 4.69) is 39.2 Å². The first-order chi connectivity index (χ1) is 26.7. The fourth-order valence-electron chi connectivity index (χ4n) is 6.46. The van der Waals surface area contributed by atoms with E-state index in [9.17, 15) is 0 Å². The summed E-state index contributed by atoms with van der Waals surface area (Å²) >= 11 is 0. The Morgan fingerprint density at radius 1 is 0.464 bits per heavy atom. The van der Waals surface area contributed by atoms with Crippen LogP contribution in [0.1, 0.15) is 0 Å². The third kappa shape index (κ3) is 7.02. The predicted octanol–water partition coefficient (Wildman–Crippen LogP) is 9.82. The van der Waals surface area contributed by atoms with E-state index in [-0.39, 0.29) is 40.8 Å². The van der Waals surface area contributed by atoms with Gasteiger partial charge in [-0.25, -0.2) is 15.0 Å². The Bertz CT molecular complexity index is 2810. The van der Waals surface area contributed by atoms with E-state index in [1.807, 2.05) is 130 Å². The fourth-order valence-corrected chi connectivity index (χ4v) is 6.46. The van der Waals surface area contributed by atoms with Crippen molar-refractivity contribution in [2.24, 2.45) is 0 Å². The molecule has 0 aliphatic rings. The van der Waals surface area contributed by atoms with Crippen molar-refractivity contribution in [1.29, 1.82) is 0 Å². The molecular weight excluding hydrogens is 883 g/mol. The molecule has 5 aromatic heterocycles. The molecule has 5 aromatic carbocycles. The zero-order valence-electron chi connectivity index (χ0n) is 29.0. The van der Waals surface area contributed by atoms with Crippen LogP contribution in [0.5, 0.6) is 23.0 Å². The second-order valence-electron chi connectivity index (χ2n) is 12.3. The standard InChI is InChI=1S/C45H25N7O2.2Pd/c1-2-16-42-41(15-1)50-29-51(42)32-27-48-45(49-28-32)52-43-25-35(53-33-11-7-9-30(23-33)39-13-3-5-21-46-39)17-19-37(43)38-20-18-36(26-44(38)52)54-34-12-8-10-31(24-34)40-14-4-6-22-47-40;;/h1-22,27-29H;;/q-4;2*+2. The number of para-hydroxylation sites is 2. The Morgan fingerprint density at radius 3 is 1.55 bits per heavy atom. The Kier molecular flexibility index (Phi) is 10.3. The molecule has 0 saturated carbocycles. The van der Waals surface area contributed by atoms with Gasteiger partial charge in [0.2, 0.25) is 5.95 Å². The van der Waals surface area contributed by atoms with Crippen molar-refractivity contribution in [3.05, 3.63) is 177 Å². The first kappa shape index (κ1) is 36.6. The summed E-state index contributed by atoms with van der Waals surface area (Å²) in [5, 5.41) is 1.84. The number of ether oxygens (including phenoxy) is 2. The molecule has 0 atom stereocenters. The van der Waals surface area contributed by atoms with Crippen LogP contribution in [0.4, 0.5) is 0 Å². The number of hydrogen-bond acceptors (Lipinski definition) is 7. The monoisotopic (exact) mass is 907 g/mol. The molecule has 5 heterocycles. The Labute approximate surface area is 349 Å². The van der Waals surface area contributed by atoms with Crippen LogP contribution < -0.4 is 9.47 Å². The SMILES string of the molecule is [Pd+2].[Pd+2].[c-]1c(Oc2[c-]c3c(cc2)c2ccc(Oc4[c-]c(-c5ccccn5)ccc4)[c-]c2n3-c2ncc(-n3cnc4ccccc43)cn2)cccc1-c1ccccn1. The number of fused-ring (bicyclic) bond motifs is 4. The molecule has 0 unspecified atom stereocenters. The van der Waals surface area contributed by atoms with Crippen LogP contribution in [0.25, 0.3) is 67.0 Å². The Hall–Kier alpha value is -6.33. The number of imidazole rings is 1. The van der Waals surface area contributed by atoms with E-state index < -0.39 is 0 Å². The number of rotatable bonds is 8. The molecule has 0 bridgehead atoms. The molecule has 0 radical (unpaired) electrons. The third-order valence-electron chi connectivity index (χ3n) is 8.95. The number of hydrogen-bond donors (Lipinski definition) is 0. The maximum atomic E-state index is 6.35. The smallest absolute Gasteiger partial charge is 0.503 e. The zero-order valence-corrected chi connectivity index (χ0v) is 32.1. The molecule has 0 aliphatic carbocycles. The summed E-state index contributed by atoms with van der Waals surface area (Å²) in [5.41, 5.74) is 7.31. The van der Waals surface area contributed by atoms with Crippen LogP contribution in [0.3, 0.4) is 0 Å². The number of nitrogens with zero attached hydrogens (tertiary/aromatic N) is 7. The second-order valence-corrected chi connectivity index (χ2v) is 12.3. The van der Waals surface area contributed by atoms with Gasteiger partial charge in [0.15, 0.2) is 0 Å². The normalized spacial score (nSPS) is 10.9. The molecule has 0 fully saturated rings. The molecule has 9 nitrogen and oxygen atoms in total. The summed E-state index contributed by atoms with van der Waals surface area (Å²) in [7, 11) is 0. The summed E-state index contributed by atoms with van der Waals surface area (Å²) in [6.45, 7) is 0. The minimum atomic E-state index is 0. The molecule has 56 heavy (non-hydrogen) atoms. The van der Waals surface area contributed by atoms with Gasteiger partial charge in [-0.2, -0.15) is 22.9 Å². The molecule has 0 saturated heterocycles. The molecule has 272 valence electrons. The third-order valence-corrected chi connectivity index (χ3v) is 8.95. The Balaban J connectivity index is 0.00000220.